The number of methoxy groups -OCH3 is 1. The van der Waals surface area contributed by atoms with Gasteiger partial charge in [0.1, 0.15) is 5.76 Å². The number of nitrogens with zero attached hydrogens (tertiary/aromatic N) is 2. The minimum Gasteiger partial charge on any atom is -0.469 e. The second-order valence-corrected chi connectivity index (χ2v) is 3.93. The molecular formula is C11H17N3O4. The largest absolute Gasteiger partial charge is 0.469 e. The Morgan fingerprint density at radius 1 is 1.56 bits per heavy atom. The summed E-state index contributed by atoms with van der Waals surface area (Å²) >= 11 is 0. The van der Waals surface area contributed by atoms with Crippen LogP contribution < -0.4 is 5.32 Å². The topological polar surface area (TPSA) is 84.7 Å². The number of ether oxygens (including phenoxy) is 1. The first-order chi connectivity index (χ1) is 8.51. The van der Waals surface area contributed by atoms with Gasteiger partial charge in [0.05, 0.1) is 20.1 Å². The first kappa shape index (κ1) is 14.2. The van der Waals surface area contributed by atoms with E-state index in [9.17, 15) is 9.59 Å². The lowest BCUT2D eigenvalue weighted by atomic mass is 10.4. The number of amides is 1. The van der Waals surface area contributed by atoms with E-state index in [0.29, 0.717) is 18.1 Å². The molecule has 0 saturated heterocycles. The first-order valence-electron chi connectivity index (χ1n) is 5.50. The highest BCUT2D eigenvalue weighted by Crippen LogP contribution is 2.06. The van der Waals surface area contributed by atoms with E-state index >= 15 is 0 Å². The summed E-state index contributed by atoms with van der Waals surface area (Å²) in [6.45, 7) is 2.37. The Balaban J connectivity index is 2.29. The van der Waals surface area contributed by atoms with Crippen LogP contribution in [0.3, 0.4) is 0 Å². The average Bonchev–Trinajstić information content (AvgIpc) is 2.71. The number of carbonyl (C=O) groups is 2. The van der Waals surface area contributed by atoms with Gasteiger partial charge < -0.3 is 14.6 Å². The molecule has 0 unspecified atom stereocenters. The molecule has 0 radical (unpaired) electrons. The van der Waals surface area contributed by atoms with Crippen molar-refractivity contribution in [1.82, 2.24) is 10.1 Å². The van der Waals surface area contributed by atoms with Gasteiger partial charge in [-0.05, 0) is 14.0 Å². The van der Waals surface area contributed by atoms with E-state index in [-0.39, 0.29) is 24.8 Å². The minimum absolute atomic E-state index is 0.170. The minimum atomic E-state index is -0.297. The molecule has 0 bridgehead atoms. The van der Waals surface area contributed by atoms with Crippen LogP contribution in [0, 0.1) is 6.92 Å². The molecule has 1 heterocycles. The van der Waals surface area contributed by atoms with Crippen molar-refractivity contribution < 1.29 is 18.8 Å². The SMILES string of the molecule is COC(=O)CCN(C)CC(=O)Nc1cc(C)on1. The highest BCUT2D eigenvalue weighted by atomic mass is 16.5. The summed E-state index contributed by atoms with van der Waals surface area (Å²) in [5.74, 6) is 0.508. The molecule has 0 atom stereocenters. The van der Waals surface area contributed by atoms with E-state index in [4.69, 9.17) is 4.52 Å². The molecule has 1 aromatic heterocycles. The van der Waals surface area contributed by atoms with E-state index < -0.39 is 0 Å². The molecule has 0 aliphatic carbocycles. The summed E-state index contributed by atoms with van der Waals surface area (Å²) in [6, 6.07) is 1.63. The summed E-state index contributed by atoms with van der Waals surface area (Å²) in [4.78, 5) is 24.2. The standard InChI is InChI=1S/C11H17N3O4/c1-8-6-9(13-18-8)12-10(15)7-14(2)5-4-11(16)17-3/h6H,4-5,7H2,1-3H3,(H,12,13,15). The zero-order valence-electron chi connectivity index (χ0n) is 10.7. The third-order valence-electron chi connectivity index (χ3n) is 2.23. The van der Waals surface area contributed by atoms with Crippen molar-refractivity contribution in [3.63, 3.8) is 0 Å². The number of esters is 1. The third kappa shape index (κ3) is 4.96. The monoisotopic (exact) mass is 255 g/mol. The predicted octanol–water partition coefficient (Wildman–Crippen LogP) is 0.416. The zero-order valence-corrected chi connectivity index (χ0v) is 10.7. The molecule has 0 aromatic carbocycles. The maximum absolute atomic E-state index is 11.6. The van der Waals surface area contributed by atoms with E-state index in [1.54, 1.807) is 24.9 Å². The second kappa shape index (κ2) is 6.75. The smallest absolute Gasteiger partial charge is 0.306 e. The second-order valence-electron chi connectivity index (χ2n) is 3.93. The van der Waals surface area contributed by atoms with Gasteiger partial charge >= 0.3 is 5.97 Å². The predicted molar refractivity (Wildman–Crippen MR) is 64.0 cm³/mol. The number of aromatic nitrogens is 1. The van der Waals surface area contributed by atoms with Crippen molar-refractivity contribution in [1.29, 1.82) is 0 Å². The van der Waals surface area contributed by atoms with Crippen LogP contribution >= 0.6 is 0 Å². The van der Waals surface area contributed by atoms with Crippen molar-refractivity contribution in [2.24, 2.45) is 0 Å². The summed E-state index contributed by atoms with van der Waals surface area (Å²) in [5.41, 5.74) is 0. The highest BCUT2D eigenvalue weighted by Gasteiger charge is 2.10. The lowest BCUT2D eigenvalue weighted by Gasteiger charge is -2.14. The van der Waals surface area contributed by atoms with Crippen LogP contribution in [0.25, 0.3) is 0 Å². The fourth-order valence-electron chi connectivity index (χ4n) is 1.32. The van der Waals surface area contributed by atoms with Crippen molar-refractivity contribution in [2.45, 2.75) is 13.3 Å². The number of likely N-dealkylation sites (N-methyl/N-ethyl adjacent to an activating group) is 1. The zero-order chi connectivity index (χ0) is 13.5. The number of anilines is 1. The van der Waals surface area contributed by atoms with Gasteiger partial charge in [-0.1, -0.05) is 5.16 Å². The van der Waals surface area contributed by atoms with Gasteiger partial charge in [-0.2, -0.15) is 0 Å². The lowest BCUT2D eigenvalue weighted by Crippen LogP contribution is -2.31. The summed E-state index contributed by atoms with van der Waals surface area (Å²) in [5, 5.41) is 6.24. The number of hydrogen-bond donors (Lipinski definition) is 1. The van der Waals surface area contributed by atoms with Crippen LogP contribution in [-0.2, 0) is 14.3 Å². The van der Waals surface area contributed by atoms with Gasteiger partial charge in [-0.25, -0.2) is 0 Å². The van der Waals surface area contributed by atoms with E-state index in [2.05, 4.69) is 15.2 Å². The molecule has 1 N–H and O–H groups in total. The van der Waals surface area contributed by atoms with Crippen LogP contribution in [0.15, 0.2) is 10.6 Å². The molecule has 0 spiro atoms. The Kier molecular flexibility index (Phi) is 5.31. The summed E-state index contributed by atoms with van der Waals surface area (Å²) < 4.78 is 9.34. The molecule has 0 fully saturated rings. The number of aryl methyl sites for hydroxylation is 1. The van der Waals surface area contributed by atoms with Gasteiger partial charge in [0.15, 0.2) is 5.82 Å². The number of nitrogens with one attached hydrogen (secondary N) is 1. The Hall–Kier alpha value is -1.89. The van der Waals surface area contributed by atoms with Gasteiger partial charge in [0.2, 0.25) is 5.91 Å². The summed E-state index contributed by atoms with van der Waals surface area (Å²) in [6.07, 6.45) is 0.253. The van der Waals surface area contributed by atoms with Gasteiger partial charge in [-0.3, -0.25) is 14.5 Å². The normalized spacial score (nSPS) is 10.4. The number of carbonyl (C=O) groups excluding carboxylic acids is 2. The number of rotatable bonds is 6. The van der Waals surface area contributed by atoms with Crippen LogP contribution in [0.2, 0.25) is 0 Å². The molecule has 1 amide bonds. The van der Waals surface area contributed by atoms with E-state index in [1.165, 1.54) is 7.11 Å². The van der Waals surface area contributed by atoms with Crippen LogP contribution in [0.5, 0.6) is 0 Å². The van der Waals surface area contributed by atoms with Gasteiger partial charge in [0.25, 0.3) is 0 Å². The Labute approximate surface area is 105 Å². The number of hydrogen-bond acceptors (Lipinski definition) is 6. The van der Waals surface area contributed by atoms with Crippen molar-refractivity contribution in [2.75, 3.05) is 32.6 Å². The molecule has 100 valence electrons. The molecule has 1 aromatic rings. The van der Waals surface area contributed by atoms with Crippen LogP contribution in [-0.4, -0.2) is 49.2 Å². The maximum atomic E-state index is 11.6. The molecule has 1 rings (SSSR count). The molecule has 7 nitrogen and oxygen atoms in total. The molecule has 18 heavy (non-hydrogen) atoms. The Bertz CT molecular complexity index is 416. The lowest BCUT2D eigenvalue weighted by molar-refractivity contribution is -0.141. The molecule has 7 heteroatoms. The van der Waals surface area contributed by atoms with Gasteiger partial charge in [-0.15, -0.1) is 0 Å². The Morgan fingerprint density at radius 3 is 2.83 bits per heavy atom. The summed E-state index contributed by atoms with van der Waals surface area (Å²) in [7, 11) is 3.08. The molecular weight excluding hydrogens is 238 g/mol. The first-order valence-corrected chi connectivity index (χ1v) is 5.50. The van der Waals surface area contributed by atoms with Crippen molar-refractivity contribution in [3.05, 3.63) is 11.8 Å². The van der Waals surface area contributed by atoms with Crippen LogP contribution in [0.4, 0.5) is 5.82 Å². The van der Waals surface area contributed by atoms with Gasteiger partial charge in [0, 0.05) is 12.6 Å². The van der Waals surface area contributed by atoms with Crippen molar-refractivity contribution >= 4 is 17.7 Å². The Morgan fingerprint density at radius 2 is 2.28 bits per heavy atom. The highest BCUT2D eigenvalue weighted by molar-refractivity contribution is 5.91. The molecule has 0 aliphatic heterocycles. The van der Waals surface area contributed by atoms with E-state index in [0.717, 1.165) is 0 Å². The van der Waals surface area contributed by atoms with Crippen LogP contribution in [0.1, 0.15) is 12.2 Å². The van der Waals surface area contributed by atoms with Crippen molar-refractivity contribution in [3.8, 4) is 0 Å². The molecule has 0 aliphatic rings. The van der Waals surface area contributed by atoms with E-state index in [1.807, 2.05) is 0 Å². The fourth-order valence-corrected chi connectivity index (χ4v) is 1.32. The quantitative estimate of drug-likeness (QED) is 0.741. The third-order valence-corrected chi connectivity index (χ3v) is 2.23. The average molecular weight is 255 g/mol. The fraction of sp³-hybridized carbons (Fsp3) is 0.545. The molecule has 0 saturated carbocycles. The maximum Gasteiger partial charge on any atom is 0.306 e.